The van der Waals surface area contributed by atoms with Gasteiger partial charge in [-0.3, -0.25) is 9.78 Å². The van der Waals surface area contributed by atoms with Crippen molar-refractivity contribution in [1.82, 2.24) is 19.7 Å². The van der Waals surface area contributed by atoms with E-state index in [-0.39, 0.29) is 11.5 Å². The Kier molecular flexibility index (Phi) is 1.94. The van der Waals surface area contributed by atoms with E-state index in [0.717, 1.165) is 5.69 Å². The lowest BCUT2D eigenvalue weighted by atomic mass is 10.3. The molecule has 1 aromatic carbocycles. The number of anilines is 1. The number of nitrogens with one attached hydrogen (secondary N) is 1. The highest BCUT2D eigenvalue weighted by Crippen LogP contribution is 2.13. The van der Waals surface area contributed by atoms with Gasteiger partial charge in [-0.1, -0.05) is 18.2 Å². The second kappa shape index (κ2) is 3.44. The van der Waals surface area contributed by atoms with E-state index in [2.05, 4.69) is 15.1 Å². The summed E-state index contributed by atoms with van der Waals surface area (Å²) in [6, 6.07) is 9.44. The number of hydrogen-bond donors (Lipinski definition) is 2. The van der Waals surface area contributed by atoms with Gasteiger partial charge in [0.05, 0.1) is 11.9 Å². The molecular weight excluding hydrogens is 218 g/mol. The third-order valence-electron chi connectivity index (χ3n) is 2.46. The van der Waals surface area contributed by atoms with E-state index < -0.39 is 0 Å². The summed E-state index contributed by atoms with van der Waals surface area (Å²) >= 11 is 0. The molecule has 0 aliphatic rings. The van der Waals surface area contributed by atoms with Gasteiger partial charge in [0.2, 0.25) is 5.95 Å². The molecule has 6 nitrogen and oxygen atoms in total. The fraction of sp³-hybridized carbons (Fsp3) is 0. The van der Waals surface area contributed by atoms with Crippen LogP contribution in [-0.4, -0.2) is 19.7 Å². The third kappa shape index (κ3) is 1.46. The van der Waals surface area contributed by atoms with E-state index >= 15 is 0 Å². The number of para-hydroxylation sites is 1. The van der Waals surface area contributed by atoms with E-state index in [4.69, 9.17) is 5.73 Å². The van der Waals surface area contributed by atoms with Crippen LogP contribution in [0.15, 0.2) is 41.3 Å². The van der Waals surface area contributed by atoms with Gasteiger partial charge < -0.3 is 5.73 Å². The first kappa shape index (κ1) is 9.59. The molecule has 0 fully saturated rings. The van der Waals surface area contributed by atoms with Crippen molar-refractivity contribution in [3.8, 4) is 5.69 Å². The molecule has 2 heterocycles. The van der Waals surface area contributed by atoms with Gasteiger partial charge in [-0.25, -0.2) is 4.68 Å². The van der Waals surface area contributed by atoms with Crippen LogP contribution in [0.25, 0.3) is 16.7 Å². The smallest absolute Gasteiger partial charge is 0.263 e. The lowest BCUT2D eigenvalue weighted by Gasteiger charge is -2.01. The lowest BCUT2D eigenvalue weighted by molar-refractivity contribution is 0.896. The zero-order chi connectivity index (χ0) is 11.8. The summed E-state index contributed by atoms with van der Waals surface area (Å²) in [5.74, 6) is 0.0835. The van der Waals surface area contributed by atoms with E-state index in [9.17, 15) is 4.79 Å². The molecule has 0 amide bonds. The van der Waals surface area contributed by atoms with Gasteiger partial charge in [0.15, 0.2) is 5.65 Å². The summed E-state index contributed by atoms with van der Waals surface area (Å²) in [7, 11) is 0. The van der Waals surface area contributed by atoms with E-state index in [1.807, 2.05) is 30.3 Å². The average Bonchev–Trinajstić information content (AvgIpc) is 2.74. The summed E-state index contributed by atoms with van der Waals surface area (Å²) in [6.07, 6.45) is 1.48. The van der Waals surface area contributed by atoms with Crippen LogP contribution in [0.4, 0.5) is 5.95 Å². The maximum Gasteiger partial charge on any atom is 0.263 e. The minimum Gasteiger partial charge on any atom is -0.369 e. The predicted octanol–water partition coefficient (Wildman–Crippen LogP) is 0.691. The molecule has 0 saturated carbocycles. The van der Waals surface area contributed by atoms with Crippen molar-refractivity contribution in [2.45, 2.75) is 0 Å². The van der Waals surface area contributed by atoms with E-state index in [0.29, 0.717) is 11.0 Å². The highest BCUT2D eigenvalue weighted by molar-refractivity contribution is 5.76. The number of nitrogens with two attached hydrogens (primary N) is 1. The monoisotopic (exact) mass is 227 g/mol. The summed E-state index contributed by atoms with van der Waals surface area (Å²) in [4.78, 5) is 18.1. The molecule has 0 aliphatic heterocycles. The molecule has 6 heteroatoms. The molecule has 0 atom stereocenters. The molecule has 84 valence electrons. The van der Waals surface area contributed by atoms with Gasteiger partial charge in [-0.15, -0.1) is 0 Å². The molecule has 3 aromatic rings. The van der Waals surface area contributed by atoms with Crippen molar-refractivity contribution in [2.75, 3.05) is 5.73 Å². The van der Waals surface area contributed by atoms with Crippen LogP contribution in [-0.2, 0) is 0 Å². The van der Waals surface area contributed by atoms with Crippen LogP contribution in [0.2, 0.25) is 0 Å². The molecule has 0 bridgehead atoms. The average molecular weight is 227 g/mol. The summed E-state index contributed by atoms with van der Waals surface area (Å²) < 4.78 is 1.58. The fourth-order valence-electron chi connectivity index (χ4n) is 1.69. The summed E-state index contributed by atoms with van der Waals surface area (Å²) in [5, 5.41) is 4.57. The van der Waals surface area contributed by atoms with Crippen LogP contribution in [0.5, 0.6) is 0 Å². The first-order valence-corrected chi connectivity index (χ1v) is 5.04. The summed E-state index contributed by atoms with van der Waals surface area (Å²) in [5.41, 5.74) is 6.53. The SMILES string of the molecule is Nc1nc2c(cnn2-c2ccccc2)c(=O)[nH]1. The molecule has 0 radical (unpaired) electrons. The first-order chi connectivity index (χ1) is 8.25. The Labute approximate surface area is 95.7 Å². The number of hydrogen-bond acceptors (Lipinski definition) is 4. The number of H-pyrrole nitrogens is 1. The fourth-order valence-corrected chi connectivity index (χ4v) is 1.69. The molecule has 0 aliphatic carbocycles. The summed E-state index contributed by atoms with van der Waals surface area (Å²) in [6.45, 7) is 0. The van der Waals surface area contributed by atoms with Gasteiger partial charge in [0.25, 0.3) is 5.56 Å². The van der Waals surface area contributed by atoms with E-state index in [1.54, 1.807) is 4.68 Å². The molecule has 3 rings (SSSR count). The van der Waals surface area contributed by atoms with Crippen molar-refractivity contribution in [2.24, 2.45) is 0 Å². The number of benzene rings is 1. The van der Waals surface area contributed by atoms with Crippen LogP contribution in [0.1, 0.15) is 0 Å². The molecule has 0 spiro atoms. The van der Waals surface area contributed by atoms with Crippen LogP contribution >= 0.6 is 0 Å². The third-order valence-corrected chi connectivity index (χ3v) is 2.46. The zero-order valence-corrected chi connectivity index (χ0v) is 8.79. The molecule has 0 unspecified atom stereocenters. The van der Waals surface area contributed by atoms with Gasteiger partial charge in [0.1, 0.15) is 5.39 Å². The van der Waals surface area contributed by atoms with Crippen molar-refractivity contribution >= 4 is 17.0 Å². The van der Waals surface area contributed by atoms with Crippen molar-refractivity contribution in [3.63, 3.8) is 0 Å². The van der Waals surface area contributed by atoms with Crippen LogP contribution in [0.3, 0.4) is 0 Å². The minimum absolute atomic E-state index is 0.0835. The standard InChI is InChI=1S/C11H9N5O/c12-11-14-9-8(10(17)15-11)6-13-16(9)7-4-2-1-3-5-7/h1-6H,(H3,12,14,15,17). The first-order valence-electron chi connectivity index (χ1n) is 5.04. The second-order valence-electron chi connectivity index (χ2n) is 3.58. The predicted molar refractivity (Wildman–Crippen MR) is 63.9 cm³/mol. The number of aromatic amines is 1. The van der Waals surface area contributed by atoms with Gasteiger partial charge in [-0.05, 0) is 12.1 Å². The zero-order valence-electron chi connectivity index (χ0n) is 8.79. The largest absolute Gasteiger partial charge is 0.369 e. The maximum absolute atomic E-state index is 11.6. The Balaban J connectivity index is 2.36. The normalized spacial score (nSPS) is 10.8. The van der Waals surface area contributed by atoms with Crippen LogP contribution < -0.4 is 11.3 Å². The molecule has 17 heavy (non-hydrogen) atoms. The Bertz CT molecular complexity index is 728. The Morgan fingerprint density at radius 1 is 1.24 bits per heavy atom. The van der Waals surface area contributed by atoms with Crippen molar-refractivity contribution in [3.05, 3.63) is 46.9 Å². The Hall–Kier alpha value is -2.63. The Morgan fingerprint density at radius 2 is 2.00 bits per heavy atom. The van der Waals surface area contributed by atoms with Gasteiger partial charge in [0, 0.05) is 0 Å². The molecular formula is C11H9N5O. The maximum atomic E-state index is 11.6. The molecule has 2 aromatic heterocycles. The topological polar surface area (TPSA) is 89.6 Å². The molecule has 3 N–H and O–H groups in total. The number of rotatable bonds is 1. The minimum atomic E-state index is -0.283. The van der Waals surface area contributed by atoms with Crippen molar-refractivity contribution < 1.29 is 0 Å². The number of aromatic nitrogens is 4. The lowest BCUT2D eigenvalue weighted by Crippen LogP contribution is -2.11. The number of nitrogen functional groups attached to an aromatic ring is 1. The molecule has 0 saturated heterocycles. The highest BCUT2D eigenvalue weighted by Gasteiger charge is 2.09. The van der Waals surface area contributed by atoms with Gasteiger partial charge >= 0.3 is 0 Å². The quantitative estimate of drug-likeness (QED) is 0.640. The number of nitrogens with zero attached hydrogens (tertiary/aromatic N) is 3. The van der Waals surface area contributed by atoms with Crippen LogP contribution in [0, 0.1) is 0 Å². The highest BCUT2D eigenvalue weighted by atomic mass is 16.1. The Morgan fingerprint density at radius 3 is 2.76 bits per heavy atom. The second-order valence-corrected chi connectivity index (χ2v) is 3.58. The van der Waals surface area contributed by atoms with Crippen molar-refractivity contribution in [1.29, 1.82) is 0 Å². The number of fused-ring (bicyclic) bond motifs is 1. The van der Waals surface area contributed by atoms with E-state index in [1.165, 1.54) is 6.20 Å². The van der Waals surface area contributed by atoms with Gasteiger partial charge in [-0.2, -0.15) is 10.1 Å².